The fraction of sp³-hybridized carbons (Fsp3) is 0.562. The van der Waals surface area contributed by atoms with E-state index in [9.17, 15) is 18.3 Å². The molecule has 0 bridgehead atoms. The van der Waals surface area contributed by atoms with Crippen LogP contribution in [0.2, 0.25) is 0 Å². The molecule has 2 unspecified atom stereocenters. The molecule has 0 aliphatic carbocycles. The summed E-state index contributed by atoms with van der Waals surface area (Å²) in [4.78, 5) is 11.4. The maximum Gasteiger partial charge on any atom is 0.308 e. The minimum Gasteiger partial charge on any atom is -0.481 e. The lowest BCUT2D eigenvalue weighted by Crippen LogP contribution is -2.49. The van der Waals surface area contributed by atoms with Crippen LogP contribution in [0, 0.1) is 5.92 Å². The first-order valence-corrected chi connectivity index (χ1v) is 9.37. The molecule has 7 heteroatoms. The SMILES string of the molecule is CC1CCCCN1S(=O)(=O)NCC(Cc1ccccc1)C(=O)O. The number of carboxylic acid groups (broad SMARTS) is 1. The van der Waals surface area contributed by atoms with Gasteiger partial charge in [-0.05, 0) is 31.7 Å². The van der Waals surface area contributed by atoms with E-state index in [1.807, 2.05) is 37.3 Å². The third-order valence-electron chi connectivity index (χ3n) is 4.24. The first-order chi connectivity index (χ1) is 10.9. The van der Waals surface area contributed by atoms with Gasteiger partial charge < -0.3 is 5.11 Å². The summed E-state index contributed by atoms with van der Waals surface area (Å²) in [7, 11) is -3.63. The predicted octanol–water partition coefficient (Wildman–Crippen LogP) is 1.64. The Labute approximate surface area is 137 Å². The molecule has 1 fully saturated rings. The number of rotatable bonds is 7. The Bertz CT molecular complexity index is 618. The zero-order valence-corrected chi connectivity index (χ0v) is 14.1. The normalized spacial score (nSPS) is 21.0. The van der Waals surface area contributed by atoms with E-state index in [4.69, 9.17) is 0 Å². The molecule has 0 radical (unpaired) electrons. The van der Waals surface area contributed by atoms with Crippen LogP contribution < -0.4 is 4.72 Å². The van der Waals surface area contributed by atoms with Gasteiger partial charge in [0.2, 0.25) is 0 Å². The second-order valence-corrected chi connectivity index (χ2v) is 7.74. The van der Waals surface area contributed by atoms with E-state index in [1.165, 1.54) is 4.31 Å². The highest BCUT2D eigenvalue weighted by atomic mass is 32.2. The molecular formula is C16H24N2O4S. The van der Waals surface area contributed by atoms with Crippen molar-refractivity contribution in [2.75, 3.05) is 13.1 Å². The van der Waals surface area contributed by atoms with Crippen LogP contribution in [0.4, 0.5) is 0 Å². The first kappa shape index (κ1) is 17.9. The Morgan fingerprint density at radius 1 is 1.35 bits per heavy atom. The topological polar surface area (TPSA) is 86.7 Å². The van der Waals surface area contributed by atoms with E-state index in [2.05, 4.69) is 4.72 Å². The zero-order chi connectivity index (χ0) is 16.9. The molecular weight excluding hydrogens is 316 g/mol. The van der Waals surface area contributed by atoms with Gasteiger partial charge in [-0.1, -0.05) is 36.8 Å². The quantitative estimate of drug-likeness (QED) is 0.790. The van der Waals surface area contributed by atoms with Gasteiger partial charge in [-0.25, -0.2) is 4.72 Å². The maximum absolute atomic E-state index is 12.4. The number of hydrogen-bond donors (Lipinski definition) is 2. The Kier molecular flexibility index (Phi) is 6.15. The summed E-state index contributed by atoms with van der Waals surface area (Å²) in [6.07, 6.45) is 3.01. The van der Waals surface area contributed by atoms with Crippen molar-refractivity contribution in [3.63, 3.8) is 0 Å². The van der Waals surface area contributed by atoms with Gasteiger partial charge in [-0.2, -0.15) is 12.7 Å². The Morgan fingerprint density at radius 2 is 2.04 bits per heavy atom. The molecule has 0 spiro atoms. The van der Waals surface area contributed by atoms with Gasteiger partial charge in [0, 0.05) is 19.1 Å². The molecule has 1 aromatic carbocycles. The molecule has 1 aliphatic rings. The van der Waals surface area contributed by atoms with E-state index in [0.29, 0.717) is 13.0 Å². The summed E-state index contributed by atoms with van der Waals surface area (Å²) in [6.45, 7) is 2.28. The van der Waals surface area contributed by atoms with Gasteiger partial charge >= 0.3 is 5.97 Å². The van der Waals surface area contributed by atoms with Crippen LogP contribution in [0.3, 0.4) is 0 Å². The molecule has 23 heavy (non-hydrogen) atoms. The molecule has 1 aromatic rings. The highest BCUT2D eigenvalue weighted by molar-refractivity contribution is 7.87. The summed E-state index contributed by atoms with van der Waals surface area (Å²) in [6, 6.07) is 9.19. The molecule has 2 atom stereocenters. The molecule has 1 saturated heterocycles. The number of carbonyl (C=O) groups is 1. The molecule has 6 nitrogen and oxygen atoms in total. The third-order valence-corrected chi connectivity index (χ3v) is 5.93. The Balaban J connectivity index is 1.99. The van der Waals surface area contributed by atoms with E-state index < -0.39 is 22.1 Å². The molecule has 2 rings (SSSR count). The lowest BCUT2D eigenvalue weighted by atomic mass is 10.00. The van der Waals surface area contributed by atoms with E-state index >= 15 is 0 Å². The Morgan fingerprint density at radius 3 is 2.65 bits per heavy atom. The maximum atomic E-state index is 12.4. The summed E-state index contributed by atoms with van der Waals surface area (Å²) < 4.78 is 28.7. The highest BCUT2D eigenvalue weighted by Crippen LogP contribution is 2.19. The summed E-state index contributed by atoms with van der Waals surface area (Å²) in [5.74, 6) is -1.78. The van der Waals surface area contributed by atoms with Gasteiger partial charge in [0.1, 0.15) is 0 Å². The van der Waals surface area contributed by atoms with Gasteiger partial charge in [0.05, 0.1) is 5.92 Å². The first-order valence-electron chi connectivity index (χ1n) is 7.93. The number of nitrogens with zero attached hydrogens (tertiary/aromatic N) is 1. The molecule has 0 amide bonds. The lowest BCUT2D eigenvalue weighted by Gasteiger charge is -2.32. The third kappa shape index (κ3) is 5.02. The van der Waals surface area contributed by atoms with Gasteiger partial charge in [-0.3, -0.25) is 4.79 Å². The van der Waals surface area contributed by atoms with Crippen LogP contribution in [0.1, 0.15) is 31.7 Å². The number of nitrogens with one attached hydrogen (secondary N) is 1. The van der Waals surface area contributed by atoms with Gasteiger partial charge in [-0.15, -0.1) is 0 Å². The molecule has 0 saturated carbocycles. The fourth-order valence-electron chi connectivity index (χ4n) is 2.86. The van der Waals surface area contributed by atoms with Crippen molar-refractivity contribution in [2.45, 2.75) is 38.6 Å². The van der Waals surface area contributed by atoms with Crippen molar-refractivity contribution in [2.24, 2.45) is 5.92 Å². The predicted molar refractivity (Wildman–Crippen MR) is 88.2 cm³/mol. The molecule has 1 heterocycles. The van der Waals surface area contributed by atoms with Crippen molar-refractivity contribution in [3.05, 3.63) is 35.9 Å². The minimum atomic E-state index is -3.63. The second-order valence-electron chi connectivity index (χ2n) is 6.03. The van der Waals surface area contributed by atoms with Crippen LogP contribution in [-0.2, 0) is 21.4 Å². The van der Waals surface area contributed by atoms with Gasteiger partial charge in [0.25, 0.3) is 10.2 Å². The van der Waals surface area contributed by atoms with Crippen molar-refractivity contribution in [1.29, 1.82) is 0 Å². The average molecular weight is 340 g/mol. The second kappa shape index (κ2) is 7.90. The van der Waals surface area contributed by atoms with Crippen molar-refractivity contribution in [3.8, 4) is 0 Å². The smallest absolute Gasteiger partial charge is 0.308 e. The van der Waals surface area contributed by atoms with E-state index in [0.717, 1.165) is 24.8 Å². The largest absolute Gasteiger partial charge is 0.481 e. The molecule has 0 aromatic heterocycles. The van der Waals surface area contributed by atoms with Crippen LogP contribution in [-0.4, -0.2) is 42.9 Å². The number of carboxylic acids is 1. The fourth-order valence-corrected chi connectivity index (χ4v) is 4.39. The monoisotopic (exact) mass is 340 g/mol. The zero-order valence-electron chi connectivity index (χ0n) is 13.3. The van der Waals surface area contributed by atoms with Crippen LogP contribution in [0.5, 0.6) is 0 Å². The van der Waals surface area contributed by atoms with E-state index in [1.54, 1.807) is 0 Å². The van der Waals surface area contributed by atoms with Crippen LogP contribution in [0.25, 0.3) is 0 Å². The van der Waals surface area contributed by atoms with E-state index in [-0.39, 0.29) is 12.6 Å². The summed E-state index contributed by atoms with van der Waals surface area (Å²) in [5.41, 5.74) is 0.880. The molecule has 2 N–H and O–H groups in total. The molecule has 1 aliphatic heterocycles. The highest BCUT2D eigenvalue weighted by Gasteiger charge is 2.30. The molecule has 128 valence electrons. The number of benzene rings is 1. The average Bonchev–Trinajstić information content (AvgIpc) is 2.52. The van der Waals surface area contributed by atoms with Gasteiger partial charge in [0.15, 0.2) is 0 Å². The lowest BCUT2D eigenvalue weighted by molar-refractivity contribution is -0.141. The standard InChI is InChI=1S/C16H24N2O4S/c1-13-7-5-6-10-18(13)23(21,22)17-12-15(16(19)20)11-14-8-3-2-4-9-14/h2-4,8-9,13,15,17H,5-7,10-12H2,1H3,(H,19,20). The van der Waals surface area contributed by atoms with Crippen molar-refractivity contribution in [1.82, 2.24) is 9.03 Å². The minimum absolute atomic E-state index is 0.0429. The summed E-state index contributed by atoms with van der Waals surface area (Å²) >= 11 is 0. The number of hydrogen-bond acceptors (Lipinski definition) is 3. The van der Waals surface area contributed by atoms with Crippen molar-refractivity contribution < 1.29 is 18.3 Å². The Hall–Kier alpha value is -1.44. The van der Waals surface area contributed by atoms with Crippen molar-refractivity contribution >= 4 is 16.2 Å². The number of aliphatic carboxylic acids is 1. The van der Waals surface area contributed by atoms with Crippen LogP contribution >= 0.6 is 0 Å². The van der Waals surface area contributed by atoms with Crippen LogP contribution in [0.15, 0.2) is 30.3 Å². The summed E-state index contributed by atoms with van der Waals surface area (Å²) in [5, 5.41) is 9.35. The number of piperidine rings is 1.